The van der Waals surface area contributed by atoms with Gasteiger partial charge in [-0.25, -0.2) is 0 Å². The number of anilines is 1. The molecule has 0 atom stereocenters. The molecular weight excluding hydrogens is 289 g/mol. The highest BCUT2D eigenvalue weighted by atomic mass is 79.9. The molecule has 1 N–H and O–H groups in total. The third-order valence-electron chi connectivity index (χ3n) is 2.27. The van der Waals surface area contributed by atoms with Gasteiger partial charge in [0.15, 0.2) is 5.22 Å². The molecule has 0 unspecified atom stereocenters. The summed E-state index contributed by atoms with van der Waals surface area (Å²) in [5.74, 6) is 0.821. The van der Waals surface area contributed by atoms with Gasteiger partial charge in [-0.15, -0.1) is 0 Å². The summed E-state index contributed by atoms with van der Waals surface area (Å²) in [5, 5.41) is 3.68. The Morgan fingerprint density at radius 3 is 2.75 bits per heavy atom. The number of benzene rings is 1. The Kier molecular flexibility index (Phi) is 3.56. The molecule has 0 fully saturated rings. The molecule has 0 saturated carbocycles. The second-order valence-electron chi connectivity index (χ2n) is 3.52. The molecule has 84 valence electrons. The molecule has 2 aromatic rings. The Labute approximate surface area is 108 Å². The van der Waals surface area contributed by atoms with Crippen LogP contribution in [0, 0.1) is 6.92 Å². The van der Waals surface area contributed by atoms with Gasteiger partial charge in [0.05, 0.1) is 6.54 Å². The molecule has 0 aliphatic carbocycles. The molecular formula is C12H11BrClNO. The fourth-order valence-electron chi connectivity index (χ4n) is 1.34. The standard InChI is InChI=1S/C12H11BrClNO/c1-8-2-3-9(6-11(8)13)15-7-10-4-5-12(14)16-10/h2-6,15H,7H2,1H3. The molecule has 1 heterocycles. The topological polar surface area (TPSA) is 25.2 Å². The van der Waals surface area contributed by atoms with E-state index in [9.17, 15) is 0 Å². The van der Waals surface area contributed by atoms with Crippen molar-refractivity contribution < 1.29 is 4.42 Å². The molecule has 2 rings (SSSR count). The van der Waals surface area contributed by atoms with Crippen molar-refractivity contribution in [2.24, 2.45) is 0 Å². The van der Waals surface area contributed by atoms with Crippen molar-refractivity contribution in [3.63, 3.8) is 0 Å². The first-order valence-corrected chi connectivity index (χ1v) is 6.06. The summed E-state index contributed by atoms with van der Waals surface area (Å²) in [5.41, 5.74) is 2.26. The van der Waals surface area contributed by atoms with Crippen LogP contribution in [0.1, 0.15) is 11.3 Å². The fraction of sp³-hybridized carbons (Fsp3) is 0.167. The lowest BCUT2D eigenvalue weighted by Gasteiger charge is -2.06. The summed E-state index contributed by atoms with van der Waals surface area (Å²) in [6.45, 7) is 2.68. The van der Waals surface area contributed by atoms with Crippen LogP contribution in [-0.2, 0) is 6.54 Å². The Morgan fingerprint density at radius 2 is 2.12 bits per heavy atom. The zero-order valence-electron chi connectivity index (χ0n) is 8.76. The Balaban J connectivity index is 2.02. The first-order valence-electron chi connectivity index (χ1n) is 4.89. The summed E-state index contributed by atoms with van der Waals surface area (Å²) in [4.78, 5) is 0. The Bertz CT molecular complexity index is 496. The van der Waals surface area contributed by atoms with Gasteiger partial charge in [-0.2, -0.15) is 0 Å². The predicted molar refractivity (Wildman–Crippen MR) is 69.9 cm³/mol. The number of furan rings is 1. The van der Waals surface area contributed by atoms with E-state index in [1.54, 1.807) is 6.07 Å². The average molecular weight is 301 g/mol. The molecule has 0 saturated heterocycles. The SMILES string of the molecule is Cc1ccc(NCc2ccc(Cl)o2)cc1Br. The Morgan fingerprint density at radius 1 is 1.31 bits per heavy atom. The van der Waals surface area contributed by atoms with Gasteiger partial charge in [0.1, 0.15) is 5.76 Å². The van der Waals surface area contributed by atoms with Crippen LogP contribution in [0.15, 0.2) is 39.2 Å². The smallest absolute Gasteiger partial charge is 0.193 e. The number of hydrogen-bond acceptors (Lipinski definition) is 2. The molecule has 0 aliphatic rings. The molecule has 4 heteroatoms. The minimum Gasteiger partial charge on any atom is -0.448 e. The maximum atomic E-state index is 5.69. The molecule has 0 bridgehead atoms. The number of aryl methyl sites for hydroxylation is 1. The second kappa shape index (κ2) is 4.93. The van der Waals surface area contributed by atoms with Crippen LogP contribution >= 0.6 is 27.5 Å². The summed E-state index contributed by atoms with van der Waals surface area (Å²) in [7, 11) is 0. The van der Waals surface area contributed by atoms with Crippen molar-refractivity contribution >= 4 is 33.2 Å². The van der Waals surface area contributed by atoms with Crippen molar-refractivity contribution in [1.29, 1.82) is 0 Å². The van der Waals surface area contributed by atoms with E-state index in [0.717, 1.165) is 15.9 Å². The maximum absolute atomic E-state index is 5.69. The van der Waals surface area contributed by atoms with Crippen LogP contribution in [-0.4, -0.2) is 0 Å². The van der Waals surface area contributed by atoms with Crippen LogP contribution in [0.25, 0.3) is 0 Å². The molecule has 16 heavy (non-hydrogen) atoms. The van der Waals surface area contributed by atoms with E-state index in [2.05, 4.69) is 34.2 Å². The first kappa shape index (κ1) is 11.6. The van der Waals surface area contributed by atoms with Crippen LogP contribution in [0.5, 0.6) is 0 Å². The average Bonchev–Trinajstić information content (AvgIpc) is 2.66. The van der Waals surface area contributed by atoms with E-state index in [-0.39, 0.29) is 0 Å². The molecule has 1 aromatic heterocycles. The maximum Gasteiger partial charge on any atom is 0.193 e. The zero-order chi connectivity index (χ0) is 11.5. The van der Waals surface area contributed by atoms with E-state index < -0.39 is 0 Å². The fourth-order valence-corrected chi connectivity index (χ4v) is 1.88. The van der Waals surface area contributed by atoms with Gasteiger partial charge in [-0.1, -0.05) is 22.0 Å². The van der Waals surface area contributed by atoms with Crippen LogP contribution in [0.2, 0.25) is 5.22 Å². The quantitative estimate of drug-likeness (QED) is 0.895. The van der Waals surface area contributed by atoms with Crippen molar-refractivity contribution in [2.75, 3.05) is 5.32 Å². The molecule has 0 amide bonds. The monoisotopic (exact) mass is 299 g/mol. The molecule has 0 aliphatic heterocycles. The lowest BCUT2D eigenvalue weighted by Crippen LogP contribution is -1.98. The first-order chi connectivity index (χ1) is 7.65. The van der Waals surface area contributed by atoms with Crippen LogP contribution in [0.4, 0.5) is 5.69 Å². The van der Waals surface area contributed by atoms with Gasteiger partial charge in [0, 0.05) is 10.2 Å². The van der Waals surface area contributed by atoms with Gasteiger partial charge in [0.2, 0.25) is 0 Å². The van der Waals surface area contributed by atoms with E-state index >= 15 is 0 Å². The van der Waals surface area contributed by atoms with Crippen molar-refractivity contribution in [1.82, 2.24) is 0 Å². The minimum atomic E-state index is 0.418. The van der Waals surface area contributed by atoms with Gasteiger partial charge in [-0.05, 0) is 48.4 Å². The van der Waals surface area contributed by atoms with Crippen molar-refractivity contribution in [3.8, 4) is 0 Å². The minimum absolute atomic E-state index is 0.418. The lowest BCUT2D eigenvalue weighted by molar-refractivity contribution is 0.520. The number of rotatable bonds is 3. The van der Waals surface area contributed by atoms with E-state index in [1.807, 2.05) is 18.2 Å². The molecule has 0 radical (unpaired) electrons. The highest BCUT2D eigenvalue weighted by Crippen LogP contribution is 2.21. The summed E-state index contributed by atoms with van der Waals surface area (Å²) >= 11 is 9.18. The third-order valence-corrected chi connectivity index (χ3v) is 3.32. The zero-order valence-corrected chi connectivity index (χ0v) is 11.1. The third kappa shape index (κ3) is 2.80. The van der Waals surface area contributed by atoms with Gasteiger partial charge >= 0.3 is 0 Å². The Hall–Kier alpha value is -0.930. The van der Waals surface area contributed by atoms with Crippen molar-refractivity contribution in [2.45, 2.75) is 13.5 Å². The van der Waals surface area contributed by atoms with E-state index in [0.29, 0.717) is 11.8 Å². The van der Waals surface area contributed by atoms with Gasteiger partial charge in [-0.3, -0.25) is 0 Å². The molecule has 0 spiro atoms. The van der Waals surface area contributed by atoms with E-state index in [4.69, 9.17) is 16.0 Å². The second-order valence-corrected chi connectivity index (χ2v) is 4.75. The molecule has 2 nitrogen and oxygen atoms in total. The van der Waals surface area contributed by atoms with Crippen LogP contribution in [0.3, 0.4) is 0 Å². The summed E-state index contributed by atoms with van der Waals surface area (Å²) in [6.07, 6.45) is 0. The van der Waals surface area contributed by atoms with Gasteiger partial charge in [0.25, 0.3) is 0 Å². The molecule has 1 aromatic carbocycles. The van der Waals surface area contributed by atoms with E-state index in [1.165, 1.54) is 5.56 Å². The lowest BCUT2D eigenvalue weighted by atomic mass is 10.2. The number of halogens is 2. The number of nitrogens with one attached hydrogen (secondary N) is 1. The summed E-state index contributed by atoms with van der Waals surface area (Å²) in [6, 6.07) is 9.73. The largest absolute Gasteiger partial charge is 0.448 e. The highest BCUT2D eigenvalue weighted by Gasteiger charge is 2.01. The van der Waals surface area contributed by atoms with Crippen LogP contribution < -0.4 is 5.32 Å². The number of hydrogen-bond donors (Lipinski definition) is 1. The normalized spacial score (nSPS) is 10.4. The predicted octanol–water partition coefficient (Wildman–Crippen LogP) is 4.62. The van der Waals surface area contributed by atoms with Crippen molar-refractivity contribution in [3.05, 3.63) is 51.3 Å². The van der Waals surface area contributed by atoms with Gasteiger partial charge < -0.3 is 9.73 Å². The summed E-state index contributed by atoms with van der Waals surface area (Å²) < 4.78 is 6.34. The highest BCUT2D eigenvalue weighted by molar-refractivity contribution is 9.10.